The van der Waals surface area contributed by atoms with E-state index in [1.165, 1.54) is 37.1 Å². The molecule has 1 aliphatic carbocycles. The van der Waals surface area contributed by atoms with Crippen molar-refractivity contribution in [1.29, 1.82) is 0 Å². The molecule has 1 nitrogen and oxygen atoms in total. The first-order chi connectivity index (χ1) is 7.83. The maximum atomic E-state index is 3.48. The molecule has 2 heteroatoms. The van der Waals surface area contributed by atoms with E-state index in [0.29, 0.717) is 0 Å². The van der Waals surface area contributed by atoms with Crippen molar-refractivity contribution in [3.05, 3.63) is 29.8 Å². The molecule has 16 heavy (non-hydrogen) atoms. The second-order valence-electron chi connectivity index (χ2n) is 4.64. The van der Waals surface area contributed by atoms with Crippen LogP contribution >= 0.6 is 15.9 Å². The van der Waals surface area contributed by atoms with Crippen molar-refractivity contribution in [3.8, 4) is 0 Å². The molecule has 0 spiro atoms. The van der Waals surface area contributed by atoms with E-state index in [4.69, 9.17) is 0 Å². The van der Waals surface area contributed by atoms with Gasteiger partial charge in [0.1, 0.15) is 0 Å². The molecule has 0 aliphatic heterocycles. The molecule has 1 aromatic carbocycles. The lowest BCUT2D eigenvalue weighted by molar-refractivity contribution is 0.318. The third kappa shape index (κ3) is 2.79. The number of anilines is 1. The first-order valence-corrected chi connectivity index (χ1v) is 7.35. The highest BCUT2D eigenvalue weighted by molar-refractivity contribution is 9.08. The van der Waals surface area contributed by atoms with Crippen molar-refractivity contribution in [2.45, 2.75) is 31.5 Å². The van der Waals surface area contributed by atoms with E-state index in [2.05, 4.69) is 52.0 Å². The molecule has 0 amide bonds. The van der Waals surface area contributed by atoms with Crippen molar-refractivity contribution in [1.82, 2.24) is 0 Å². The van der Waals surface area contributed by atoms with Gasteiger partial charge in [-0.25, -0.2) is 0 Å². The summed E-state index contributed by atoms with van der Waals surface area (Å²) in [5, 5.41) is 0.946. The number of rotatable bonds is 5. The quantitative estimate of drug-likeness (QED) is 0.731. The Kier molecular flexibility index (Phi) is 4.28. The summed E-state index contributed by atoms with van der Waals surface area (Å²) < 4.78 is 0. The van der Waals surface area contributed by atoms with Crippen LogP contribution in [-0.2, 0) is 5.33 Å². The minimum Gasteiger partial charge on any atom is -0.372 e. The molecule has 1 saturated carbocycles. The molecule has 0 bridgehead atoms. The van der Waals surface area contributed by atoms with Crippen molar-refractivity contribution in [3.63, 3.8) is 0 Å². The molecule has 0 heterocycles. The van der Waals surface area contributed by atoms with Gasteiger partial charge in [0.05, 0.1) is 0 Å². The number of nitrogens with zero attached hydrogens (tertiary/aromatic N) is 1. The molecule has 0 radical (unpaired) electrons. The number of alkyl halides is 1. The number of benzene rings is 1. The van der Waals surface area contributed by atoms with Crippen molar-refractivity contribution in [2.75, 3.05) is 18.0 Å². The van der Waals surface area contributed by atoms with Crippen molar-refractivity contribution < 1.29 is 0 Å². The molecule has 0 N–H and O–H groups in total. The van der Waals surface area contributed by atoms with Gasteiger partial charge in [-0.2, -0.15) is 0 Å². The van der Waals surface area contributed by atoms with E-state index >= 15 is 0 Å². The van der Waals surface area contributed by atoms with Crippen LogP contribution in [-0.4, -0.2) is 13.1 Å². The number of hydrogen-bond acceptors (Lipinski definition) is 1. The average molecular weight is 282 g/mol. The Labute approximate surface area is 107 Å². The molecule has 1 fully saturated rings. The molecule has 88 valence electrons. The number of halogens is 1. The van der Waals surface area contributed by atoms with Crippen LogP contribution in [0.4, 0.5) is 5.69 Å². The van der Waals surface area contributed by atoms with Gasteiger partial charge in [-0.15, -0.1) is 0 Å². The molecule has 0 atom stereocenters. The first-order valence-electron chi connectivity index (χ1n) is 6.23. The second kappa shape index (κ2) is 5.72. The predicted molar refractivity (Wildman–Crippen MR) is 74.3 cm³/mol. The molecule has 0 saturated heterocycles. The Morgan fingerprint density at radius 3 is 2.38 bits per heavy atom. The molecule has 1 aliphatic rings. The molecular formula is C14H20BrN. The average Bonchev–Trinajstić information content (AvgIpc) is 2.28. The van der Waals surface area contributed by atoms with Crippen LogP contribution in [0.1, 0.15) is 31.7 Å². The Balaban J connectivity index is 2.00. The SMILES string of the molecule is CCN(CC1CCC1)c1ccc(CBr)cc1. The summed E-state index contributed by atoms with van der Waals surface area (Å²) in [5.41, 5.74) is 2.72. The lowest BCUT2D eigenvalue weighted by Gasteiger charge is -2.33. The van der Waals surface area contributed by atoms with Crippen molar-refractivity contribution in [2.24, 2.45) is 5.92 Å². The summed E-state index contributed by atoms with van der Waals surface area (Å²) in [7, 11) is 0. The van der Waals surface area contributed by atoms with Crippen LogP contribution in [0, 0.1) is 5.92 Å². The summed E-state index contributed by atoms with van der Waals surface area (Å²) in [4.78, 5) is 2.50. The second-order valence-corrected chi connectivity index (χ2v) is 5.20. The van der Waals surface area contributed by atoms with Crippen LogP contribution in [0.25, 0.3) is 0 Å². The predicted octanol–water partition coefficient (Wildman–Crippen LogP) is 4.21. The molecule has 0 unspecified atom stereocenters. The third-order valence-corrected chi connectivity index (χ3v) is 4.19. The van der Waals surface area contributed by atoms with E-state index in [1.807, 2.05) is 0 Å². The highest BCUT2D eigenvalue weighted by Crippen LogP contribution is 2.29. The van der Waals surface area contributed by atoms with Gasteiger partial charge in [0.2, 0.25) is 0 Å². The van der Waals surface area contributed by atoms with Gasteiger partial charge in [-0.05, 0) is 43.4 Å². The first kappa shape index (κ1) is 12.0. The van der Waals surface area contributed by atoms with E-state index < -0.39 is 0 Å². The topological polar surface area (TPSA) is 3.24 Å². The normalized spacial score (nSPS) is 15.9. The van der Waals surface area contributed by atoms with E-state index in [9.17, 15) is 0 Å². The molecule has 2 rings (SSSR count). The van der Waals surface area contributed by atoms with Gasteiger partial charge in [-0.3, -0.25) is 0 Å². The standard InChI is InChI=1S/C14H20BrN/c1-2-16(11-13-4-3-5-13)14-8-6-12(10-15)7-9-14/h6-9,13H,2-5,10-11H2,1H3. The van der Waals surface area contributed by atoms with Crippen LogP contribution in [0.3, 0.4) is 0 Å². The van der Waals surface area contributed by atoms with Crippen LogP contribution in [0.2, 0.25) is 0 Å². The summed E-state index contributed by atoms with van der Waals surface area (Å²) in [5.74, 6) is 0.941. The maximum Gasteiger partial charge on any atom is 0.0366 e. The van der Waals surface area contributed by atoms with Gasteiger partial charge in [0, 0.05) is 24.1 Å². The Bertz CT molecular complexity index is 316. The lowest BCUT2D eigenvalue weighted by atomic mass is 9.85. The van der Waals surface area contributed by atoms with Crippen molar-refractivity contribution >= 4 is 21.6 Å². The van der Waals surface area contributed by atoms with Crippen LogP contribution in [0.15, 0.2) is 24.3 Å². The smallest absolute Gasteiger partial charge is 0.0366 e. The minimum atomic E-state index is 0.941. The summed E-state index contributed by atoms with van der Waals surface area (Å²) in [6.45, 7) is 4.60. The van der Waals surface area contributed by atoms with E-state index in [-0.39, 0.29) is 0 Å². The van der Waals surface area contributed by atoms with Gasteiger partial charge < -0.3 is 4.90 Å². The van der Waals surface area contributed by atoms with Crippen LogP contribution in [0.5, 0.6) is 0 Å². The Hall–Kier alpha value is -0.500. The van der Waals surface area contributed by atoms with Crippen LogP contribution < -0.4 is 4.90 Å². The van der Waals surface area contributed by atoms with Gasteiger partial charge in [0.15, 0.2) is 0 Å². The molecular weight excluding hydrogens is 262 g/mol. The van der Waals surface area contributed by atoms with E-state index in [0.717, 1.165) is 17.8 Å². The Morgan fingerprint density at radius 2 is 1.94 bits per heavy atom. The monoisotopic (exact) mass is 281 g/mol. The highest BCUT2D eigenvalue weighted by atomic mass is 79.9. The molecule has 0 aromatic heterocycles. The zero-order chi connectivity index (χ0) is 11.4. The third-order valence-electron chi connectivity index (χ3n) is 3.54. The fourth-order valence-electron chi connectivity index (χ4n) is 2.20. The fourth-order valence-corrected chi connectivity index (χ4v) is 2.57. The highest BCUT2D eigenvalue weighted by Gasteiger charge is 2.20. The zero-order valence-corrected chi connectivity index (χ0v) is 11.5. The van der Waals surface area contributed by atoms with Gasteiger partial charge in [-0.1, -0.05) is 34.5 Å². The fraction of sp³-hybridized carbons (Fsp3) is 0.571. The summed E-state index contributed by atoms with van der Waals surface area (Å²) in [6.07, 6.45) is 4.29. The largest absolute Gasteiger partial charge is 0.372 e. The number of hydrogen-bond donors (Lipinski definition) is 0. The Morgan fingerprint density at radius 1 is 1.25 bits per heavy atom. The summed E-state index contributed by atoms with van der Waals surface area (Å²) in [6, 6.07) is 8.93. The maximum absolute atomic E-state index is 3.48. The lowest BCUT2D eigenvalue weighted by Crippen LogP contribution is -2.32. The minimum absolute atomic E-state index is 0.941. The van der Waals surface area contributed by atoms with Gasteiger partial charge >= 0.3 is 0 Å². The van der Waals surface area contributed by atoms with Gasteiger partial charge in [0.25, 0.3) is 0 Å². The van der Waals surface area contributed by atoms with E-state index in [1.54, 1.807) is 0 Å². The molecule has 1 aromatic rings. The zero-order valence-electron chi connectivity index (χ0n) is 9.95. The summed E-state index contributed by atoms with van der Waals surface area (Å²) >= 11 is 3.48.